The largest absolute Gasteiger partial charge is 0.393 e. The lowest BCUT2D eigenvalue weighted by Gasteiger charge is -2.32. The van der Waals surface area contributed by atoms with E-state index in [0.29, 0.717) is 6.04 Å². The fraction of sp³-hybridized carbons (Fsp3) is 0.727. The van der Waals surface area contributed by atoms with Gasteiger partial charge in [0.15, 0.2) is 0 Å². The number of imidazole rings is 1. The van der Waals surface area contributed by atoms with Crippen molar-refractivity contribution in [1.29, 1.82) is 0 Å². The van der Waals surface area contributed by atoms with Crippen molar-refractivity contribution in [2.24, 2.45) is 0 Å². The van der Waals surface area contributed by atoms with E-state index in [9.17, 15) is 5.11 Å². The molecule has 2 heterocycles. The maximum absolute atomic E-state index is 9.54. The third-order valence-corrected chi connectivity index (χ3v) is 3.67. The Bertz CT molecular complexity index is 349. The molecular weight excluding hydrogens is 190 g/mol. The summed E-state index contributed by atoms with van der Waals surface area (Å²) >= 11 is 0. The molecule has 1 N–H and O–H groups in total. The first-order valence-corrected chi connectivity index (χ1v) is 5.75. The Balaban J connectivity index is 1.71. The number of aromatic nitrogens is 2. The standard InChI is InChI=1S/C11H17N3O/c15-10-2-1-9(7-10)14-6-5-13-4-3-12-11(13)8-14/h3-4,9-10,15H,1-2,5-8H2. The molecule has 2 unspecified atom stereocenters. The number of rotatable bonds is 1. The maximum Gasteiger partial charge on any atom is 0.122 e. The zero-order chi connectivity index (χ0) is 10.3. The first kappa shape index (κ1) is 9.36. The van der Waals surface area contributed by atoms with Crippen LogP contribution < -0.4 is 0 Å². The number of hydrogen-bond acceptors (Lipinski definition) is 3. The van der Waals surface area contributed by atoms with Gasteiger partial charge in [0.05, 0.1) is 12.6 Å². The Morgan fingerprint density at radius 1 is 1.33 bits per heavy atom. The van der Waals surface area contributed by atoms with Gasteiger partial charge in [0, 0.05) is 31.5 Å². The zero-order valence-electron chi connectivity index (χ0n) is 8.84. The minimum Gasteiger partial charge on any atom is -0.393 e. The van der Waals surface area contributed by atoms with Crippen LogP contribution >= 0.6 is 0 Å². The summed E-state index contributed by atoms with van der Waals surface area (Å²) in [5.74, 6) is 1.17. The smallest absolute Gasteiger partial charge is 0.122 e. The fourth-order valence-electron chi connectivity index (χ4n) is 2.77. The van der Waals surface area contributed by atoms with Crippen molar-refractivity contribution in [3.05, 3.63) is 18.2 Å². The molecule has 1 aliphatic carbocycles. The highest BCUT2D eigenvalue weighted by molar-refractivity contribution is 4.97. The van der Waals surface area contributed by atoms with Crippen molar-refractivity contribution in [3.8, 4) is 0 Å². The monoisotopic (exact) mass is 207 g/mol. The minimum atomic E-state index is -0.0725. The molecule has 4 nitrogen and oxygen atoms in total. The van der Waals surface area contributed by atoms with Gasteiger partial charge in [0.2, 0.25) is 0 Å². The number of hydrogen-bond donors (Lipinski definition) is 1. The van der Waals surface area contributed by atoms with Crippen LogP contribution in [-0.4, -0.2) is 38.2 Å². The van der Waals surface area contributed by atoms with Crippen molar-refractivity contribution in [2.75, 3.05) is 6.54 Å². The van der Waals surface area contributed by atoms with Crippen LogP contribution in [0.15, 0.2) is 12.4 Å². The summed E-state index contributed by atoms with van der Waals surface area (Å²) in [5, 5.41) is 9.54. The summed E-state index contributed by atoms with van der Waals surface area (Å²) in [7, 11) is 0. The topological polar surface area (TPSA) is 41.3 Å². The van der Waals surface area contributed by atoms with Gasteiger partial charge in [0.1, 0.15) is 5.82 Å². The Kier molecular flexibility index (Phi) is 2.25. The highest BCUT2D eigenvalue weighted by atomic mass is 16.3. The van der Waals surface area contributed by atoms with Gasteiger partial charge in [-0.3, -0.25) is 4.90 Å². The van der Waals surface area contributed by atoms with Crippen molar-refractivity contribution in [3.63, 3.8) is 0 Å². The number of nitrogens with zero attached hydrogens (tertiary/aromatic N) is 3. The van der Waals surface area contributed by atoms with Gasteiger partial charge in [-0.25, -0.2) is 4.98 Å². The van der Waals surface area contributed by atoms with Gasteiger partial charge < -0.3 is 9.67 Å². The predicted molar refractivity (Wildman–Crippen MR) is 56.3 cm³/mol. The summed E-state index contributed by atoms with van der Waals surface area (Å²) in [6.07, 6.45) is 6.91. The van der Waals surface area contributed by atoms with Crippen LogP contribution in [0.4, 0.5) is 0 Å². The molecule has 2 atom stereocenters. The fourth-order valence-corrected chi connectivity index (χ4v) is 2.77. The van der Waals surface area contributed by atoms with E-state index in [1.807, 2.05) is 6.20 Å². The molecule has 82 valence electrons. The molecule has 2 aliphatic rings. The molecule has 3 rings (SSSR count). The van der Waals surface area contributed by atoms with Crippen LogP contribution in [0.25, 0.3) is 0 Å². The Labute approximate surface area is 89.5 Å². The molecule has 15 heavy (non-hydrogen) atoms. The zero-order valence-corrected chi connectivity index (χ0v) is 8.84. The lowest BCUT2D eigenvalue weighted by atomic mass is 10.2. The molecule has 1 aromatic heterocycles. The lowest BCUT2D eigenvalue weighted by molar-refractivity contribution is 0.129. The summed E-state index contributed by atoms with van der Waals surface area (Å²) < 4.78 is 2.22. The molecule has 0 amide bonds. The second-order valence-electron chi connectivity index (χ2n) is 4.63. The molecule has 0 saturated heterocycles. The van der Waals surface area contributed by atoms with Gasteiger partial charge >= 0.3 is 0 Å². The summed E-state index contributed by atoms with van der Waals surface area (Å²) in [4.78, 5) is 6.83. The first-order valence-electron chi connectivity index (χ1n) is 5.75. The molecule has 0 spiro atoms. The Morgan fingerprint density at radius 3 is 3.07 bits per heavy atom. The molecule has 1 saturated carbocycles. The second-order valence-corrected chi connectivity index (χ2v) is 4.63. The SMILES string of the molecule is OC1CCC(N2CCn3ccnc3C2)C1. The van der Waals surface area contributed by atoms with E-state index in [4.69, 9.17) is 0 Å². The van der Waals surface area contributed by atoms with E-state index in [1.165, 1.54) is 5.82 Å². The van der Waals surface area contributed by atoms with Crippen LogP contribution in [0, 0.1) is 0 Å². The van der Waals surface area contributed by atoms with Gasteiger partial charge in [-0.05, 0) is 19.3 Å². The molecule has 0 aromatic carbocycles. The van der Waals surface area contributed by atoms with Crippen LogP contribution in [0.5, 0.6) is 0 Å². The lowest BCUT2D eigenvalue weighted by Crippen LogP contribution is -2.40. The predicted octanol–water partition coefficient (Wildman–Crippen LogP) is 0.612. The van der Waals surface area contributed by atoms with Crippen molar-refractivity contribution >= 4 is 0 Å². The average Bonchev–Trinajstić information content (AvgIpc) is 2.84. The van der Waals surface area contributed by atoms with Crippen molar-refractivity contribution in [1.82, 2.24) is 14.5 Å². The van der Waals surface area contributed by atoms with Gasteiger partial charge in [-0.15, -0.1) is 0 Å². The number of aliphatic hydroxyl groups excluding tert-OH is 1. The quantitative estimate of drug-likeness (QED) is 0.733. The molecule has 1 aliphatic heterocycles. The molecule has 4 heteroatoms. The normalized spacial score (nSPS) is 31.8. The van der Waals surface area contributed by atoms with Gasteiger partial charge in [-0.1, -0.05) is 0 Å². The highest BCUT2D eigenvalue weighted by Gasteiger charge is 2.30. The third-order valence-electron chi connectivity index (χ3n) is 3.67. The van der Waals surface area contributed by atoms with Gasteiger partial charge in [-0.2, -0.15) is 0 Å². The summed E-state index contributed by atoms with van der Waals surface area (Å²) in [5.41, 5.74) is 0. The Hall–Kier alpha value is -0.870. The molecule has 1 fully saturated rings. The number of aliphatic hydroxyl groups is 1. The average molecular weight is 207 g/mol. The van der Waals surface area contributed by atoms with E-state index < -0.39 is 0 Å². The van der Waals surface area contributed by atoms with E-state index in [0.717, 1.165) is 38.9 Å². The Morgan fingerprint density at radius 2 is 2.27 bits per heavy atom. The molecule has 1 aromatic rings. The van der Waals surface area contributed by atoms with Crippen LogP contribution in [0.3, 0.4) is 0 Å². The summed E-state index contributed by atoms with van der Waals surface area (Å²) in [6.45, 7) is 3.09. The van der Waals surface area contributed by atoms with Crippen LogP contribution in [-0.2, 0) is 13.1 Å². The molecule has 0 bridgehead atoms. The van der Waals surface area contributed by atoms with Crippen molar-refractivity contribution in [2.45, 2.75) is 44.5 Å². The maximum atomic E-state index is 9.54. The van der Waals surface area contributed by atoms with Crippen LogP contribution in [0.2, 0.25) is 0 Å². The van der Waals surface area contributed by atoms with Crippen molar-refractivity contribution < 1.29 is 5.11 Å². The van der Waals surface area contributed by atoms with E-state index in [-0.39, 0.29) is 6.10 Å². The third kappa shape index (κ3) is 1.68. The van der Waals surface area contributed by atoms with Gasteiger partial charge in [0.25, 0.3) is 0 Å². The minimum absolute atomic E-state index is 0.0725. The molecular formula is C11H17N3O. The van der Waals surface area contributed by atoms with Crippen LogP contribution in [0.1, 0.15) is 25.1 Å². The van der Waals surface area contributed by atoms with E-state index in [1.54, 1.807) is 0 Å². The van der Waals surface area contributed by atoms with E-state index >= 15 is 0 Å². The number of fused-ring (bicyclic) bond motifs is 1. The van der Waals surface area contributed by atoms with E-state index in [2.05, 4.69) is 20.6 Å². The second kappa shape index (κ2) is 3.61. The molecule has 0 radical (unpaired) electrons. The summed E-state index contributed by atoms with van der Waals surface area (Å²) in [6, 6.07) is 0.574. The first-order chi connectivity index (χ1) is 7.33. The highest BCUT2D eigenvalue weighted by Crippen LogP contribution is 2.26.